The fraction of sp³-hybridized carbons (Fsp3) is 0.706. The molecule has 24 heavy (non-hydrogen) atoms. The number of nitrogens with one attached hydrogen (secondary N) is 1. The molecule has 2 bridgehead atoms. The standard InChI is InChI=1S/C17H27N5O2/c1-4-5-15-14(8-18-19-15)16(23)22-10-12-6-7-13(22)11-21(9-12)17(24)20(2)3/h8,12-13H,4-7,9-11H2,1-3H3,(H,18,19)/t12-,13+/m1/s1. The molecule has 1 N–H and O–H groups in total. The first-order chi connectivity index (χ1) is 11.5. The molecule has 132 valence electrons. The number of aromatic amines is 1. The van der Waals surface area contributed by atoms with Gasteiger partial charge in [0.25, 0.3) is 5.91 Å². The van der Waals surface area contributed by atoms with E-state index in [0.29, 0.717) is 18.0 Å². The van der Waals surface area contributed by atoms with Crippen molar-refractivity contribution >= 4 is 11.9 Å². The van der Waals surface area contributed by atoms with Crippen LogP contribution in [-0.4, -0.2) is 76.6 Å². The van der Waals surface area contributed by atoms with Crippen LogP contribution < -0.4 is 0 Å². The molecule has 0 spiro atoms. The van der Waals surface area contributed by atoms with Crippen LogP contribution in [0.3, 0.4) is 0 Å². The van der Waals surface area contributed by atoms with Crippen molar-refractivity contribution < 1.29 is 9.59 Å². The Hall–Kier alpha value is -2.05. The van der Waals surface area contributed by atoms with Crippen LogP contribution in [0, 0.1) is 5.92 Å². The van der Waals surface area contributed by atoms with Crippen LogP contribution in [0.15, 0.2) is 6.20 Å². The third kappa shape index (κ3) is 3.12. The molecule has 0 aliphatic carbocycles. The van der Waals surface area contributed by atoms with Crippen LogP contribution in [-0.2, 0) is 6.42 Å². The SMILES string of the molecule is CCCc1[nH]ncc1C(=O)N1C[C@@H]2CC[C@H]1CN(C(=O)N(C)C)C2. The normalized spacial score (nSPS) is 23.3. The largest absolute Gasteiger partial charge is 0.333 e. The first kappa shape index (κ1) is 16.8. The van der Waals surface area contributed by atoms with Crippen molar-refractivity contribution in [2.75, 3.05) is 33.7 Å². The van der Waals surface area contributed by atoms with E-state index in [4.69, 9.17) is 0 Å². The van der Waals surface area contributed by atoms with Gasteiger partial charge in [-0.05, 0) is 25.2 Å². The Morgan fingerprint density at radius 2 is 2.08 bits per heavy atom. The van der Waals surface area contributed by atoms with Gasteiger partial charge in [-0.25, -0.2) is 4.79 Å². The summed E-state index contributed by atoms with van der Waals surface area (Å²) < 4.78 is 0. The van der Waals surface area contributed by atoms with Crippen LogP contribution in [0.2, 0.25) is 0 Å². The zero-order valence-electron chi connectivity index (χ0n) is 14.8. The lowest BCUT2D eigenvalue weighted by molar-refractivity contribution is 0.0584. The van der Waals surface area contributed by atoms with Crippen molar-refractivity contribution in [2.45, 2.75) is 38.6 Å². The maximum absolute atomic E-state index is 13.1. The summed E-state index contributed by atoms with van der Waals surface area (Å²) in [6, 6.07) is 0.140. The molecule has 4 heterocycles. The molecule has 0 unspecified atom stereocenters. The van der Waals surface area contributed by atoms with Crippen LogP contribution >= 0.6 is 0 Å². The van der Waals surface area contributed by atoms with Gasteiger partial charge in [0.05, 0.1) is 11.8 Å². The number of hydrogen-bond donors (Lipinski definition) is 1. The lowest BCUT2D eigenvalue weighted by Gasteiger charge is -2.36. The second-order valence-electron chi connectivity index (χ2n) is 7.15. The summed E-state index contributed by atoms with van der Waals surface area (Å²) in [7, 11) is 3.56. The molecule has 3 amide bonds. The van der Waals surface area contributed by atoms with Gasteiger partial charge in [0, 0.05) is 45.5 Å². The second kappa shape index (κ2) is 6.83. The van der Waals surface area contributed by atoms with Gasteiger partial charge in [-0.2, -0.15) is 5.10 Å². The quantitative estimate of drug-likeness (QED) is 0.913. The first-order valence-electron chi connectivity index (χ1n) is 8.80. The van der Waals surface area contributed by atoms with Crippen molar-refractivity contribution in [3.05, 3.63) is 17.5 Å². The van der Waals surface area contributed by atoms with Gasteiger partial charge in [0.2, 0.25) is 0 Å². The van der Waals surface area contributed by atoms with Crippen LogP contribution in [0.1, 0.15) is 42.2 Å². The minimum atomic E-state index is 0.0381. The van der Waals surface area contributed by atoms with Gasteiger partial charge in [0.15, 0.2) is 0 Å². The average Bonchev–Trinajstić information content (AvgIpc) is 2.83. The molecule has 2 atom stereocenters. The van der Waals surface area contributed by atoms with Crippen LogP contribution in [0.5, 0.6) is 0 Å². The summed E-state index contributed by atoms with van der Waals surface area (Å²) >= 11 is 0. The van der Waals surface area contributed by atoms with E-state index in [-0.39, 0.29) is 18.0 Å². The Balaban J connectivity index is 1.79. The number of hydrogen-bond acceptors (Lipinski definition) is 3. The van der Waals surface area contributed by atoms with Gasteiger partial charge in [0.1, 0.15) is 0 Å². The summed E-state index contributed by atoms with van der Waals surface area (Å²) in [5.74, 6) is 0.416. The molecule has 3 aliphatic heterocycles. The highest BCUT2D eigenvalue weighted by Crippen LogP contribution is 2.30. The molecule has 0 saturated carbocycles. The van der Waals surface area contributed by atoms with Crippen molar-refractivity contribution in [2.24, 2.45) is 5.92 Å². The number of amides is 3. The summed E-state index contributed by atoms with van der Waals surface area (Å²) in [6.07, 6.45) is 5.50. The maximum Gasteiger partial charge on any atom is 0.319 e. The third-order valence-corrected chi connectivity index (χ3v) is 5.08. The summed E-state index contributed by atoms with van der Waals surface area (Å²) in [5.41, 5.74) is 1.61. The van der Waals surface area contributed by atoms with Crippen molar-refractivity contribution in [3.8, 4) is 0 Å². The molecule has 1 aromatic heterocycles. The Morgan fingerprint density at radius 3 is 2.79 bits per heavy atom. The number of carbonyl (C=O) groups excluding carboxylic acids is 2. The number of carbonyl (C=O) groups is 2. The molecule has 1 aromatic rings. The zero-order chi connectivity index (χ0) is 17.3. The van der Waals surface area contributed by atoms with E-state index in [0.717, 1.165) is 44.5 Å². The van der Waals surface area contributed by atoms with E-state index in [9.17, 15) is 9.59 Å². The monoisotopic (exact) mass is 333 g/mol. The number of rotatable bonds is 3. The Labute approximate surface area is 143 Å². The van der Waals surface area contributed by atoms with E-state index >= 15 is 0 Å². The molecule has 3 saturated heterocycles. The molecule has 0 radical (unpaired) electrons. The third-order valence-electron chi connectivity index (χ3n) is 5.08. The van der Waals surface area contributed by atoms with E-state index in [1.54, 1.807) is 25.2 Å². The number of urea groups is 1. The van der Waals surface area contributed by atoms with Gasteiger partial charge in [-0.15, -0.1) is 0 Å². The Bertz CT molecular complexity index is 612. The Morgan fingerprint density at radius 1 is 1.29 bits per heavy atom. The van der Waals surface area contributed by atoms with Crippen molar-refractivity contribution in [1.29, 1.82) is 0 Å². The minimum Gasteiger partial charge on any atom is -0.333 e. The predicted molar refractivity (Wildman–Crippen MR) is 90.8 cm³/mol. The summed E-state index contributed by atoms with van der Waals surface area (Å²) in [6.45, 7) is 4.19. The van der Waals surface area contributed by atoms with Crippen molar-refractivity contribution in [1.82, 2.24) is 24.9 Å². The van der Waals surface area contributed by atoms with Crippen molar-refractivity contribution in [3.63, 3.8) is 0 Å². The Kier molecular flexibility index (Phi) is 4.78. The topological polar surface area (TPSA) is 72.5 Å². The van der Waals surface area contributed by atoms with E-state index in [1.165, 1.54) is 0 Å². The number of aromatic nitrogens is 2. The van der Waals surface area contributed by atoms with Gasteiger partial charge in [-0.3, -0.25) is 9.89 Å². The number of nitrogens with zero attached hydrogens (tertiary/aromatic N) is 4. The average molecular weight is 333 g/mol. The van der Waals surface area contributed by atoms with Gasteiger partial charge >= 0.3 is 6.03 Å². The second-order valence-corrected chi connectivity index (χ2v) is 7.15. The number of fused-ring (bicyclic) bond motifs is 4. The predicted octanol–water partition coefficient (Wildman–Crippen LogP) is 1.58. The van der Waals surface area contributed by atoms with Crippen LogP contribution in [0.25, 0.3) is 0 Å². The highest BCUT2D eigenvalue weighted by Gasteiger charge is 2.39. The highest BCUT2D eigenvalue weighted by molar-refractivity contribution is 5.95. The highest BCUT2D eigenvalue weighted by atomic mass is 16.2. The smallest absolute Gasteiger partial charge is 0.319 e. The number of H-pyrrole nitrogens is 1. The maximum atomic E-state index is 13.1. The fourth-order valence-electron chi connectivity index (χ4n) is 3.86. The molecule has 4 rings (SSSR count). The molecule has 3 fully saturated rings. The van der Waals surface area contributed by atoms with Gasteiger partial charge < -0.3 is 14.7 Å². The minimum absolute atomic E-state index is 0.0381. The first-order valence-corrected chi connectivity index (χ1v) is 8.80. The summed E-state index contributed by atoms with van der Waals surface area (Å²) in [4.78, 5) is 30.9. The van der Waals surface area contributed by atoms with Gasteiger partial charge in [-0.1, -0.05) is 13.3 Å². The van der Waals surface area contributed by atoms with E-state index in [2.05, 4.69) is 17.1 Å². The molecular weight excluding hydrogens is 306 g/mol. The zero-order valence-corrected chi connectivity index (χ0v) is 14.8. The number of aryl methyl sites for hydroxylation is 1. The number of piperidine rings is 1. The molecule has 0 aromatic carbocycles. The molecule has 7 heteroatoms. The molecule has 7 nitrogen and oxygen atoms in total. The van der Waals surface area contributed by atoms with Crippen LogP contribution in [0.4, 0.5) is 4.79 Å². The summed E-state index contributed by atoms with van der Waals surface area (Å²) in [5, 5.41) is 7.02. The lowest BCUT2D eigenvalue weighted by atomic mass is 9.94. The molecular formula is C17H27N5O2. The van der Waals surface area contributed by atoms with E-state index < -0.39 is 0 Å². The van der Waals surface area contributed by atoms with E-state index in [1.807, 2.05) is 9.80 Å². The lowest BCUT2D eigenvalue weighted by Crippen LogP contribution is -2.48. The fourth-order valence-corrected chi connectivity index (χ4v) is 3.86. The molecule has 3 aliphatic rings.